The fraction of sp³-hybridized carbons (Fsp3) is 0.800. The number of rotatable bonds is 18. The third-order valence-corrected chi connectivity index (χ3v) is 10.1. The Morgan fingerprint density at radius 3 is 2.40 bits per heavy atom. The van der Waals surface area contributed by atoms with Gasteiger partial charge in [0.2, 0.25) is 6.29 Å². The van der Waals surface area contributed by atoms with Crippen molar-refractivity contribution in [3.63, 3.8) is 0 Å². The van der Waals surface area contributed by atoms with E-state index in [0.29, 0.717) is 17.4 Å². The quantitative estimate of drug-likeness (QED) is 0.0427. The lowest BCUT2D eigenvalue weighted by Crippen LogP contribution is -2.78. The van der Waals surface area contributed by atoms with E-state index in [9.17, 15) is 58.8 Å². The van der Waals surface area contributed by atoms with Crippen molar-refractivity contribution in [2.75, 3.05) is 13.2 Å². The van der Waals surface area contributed by atoms with E-state index in [4.69, 9.17) is 14.2 Å². The molecular formula is C25H42N3O18P2-. The third kappa shape index (κ3) is 11.3. The van der Waals surface area contributed by atoms with Crippen LogP contribution in [0, 0.1) is 0 Å². The van der Waals surface area contributed by atoms with Crippen LogP contribution in [0.15, 0.2) is 21.9 Å². The number of nitrogens with one attached hydrogen (secondary N) is 1. The SMILES string of the molecule is CCCCCCC[C@@H](O)CC(=O)O[C@@H]1[C@@H]([NH3+])[C@@H](OP(=O)([O-])OP(=O)([O-])OC[C@H]2O[C@@H](n3ccc(=O)[nH]c3=O)[C@H](O)[C@@H]2O)O[C@H](CO)[C@H]1O. The summed E-state index contributed by atoms with van der Waals surface area (Å²) >= 11 is 0. The number of carbonyl (C=O) groups is 1. The number of aromatic nitrogens is 2. The zero-order chi connectivity index (χ0) is 35.8. The van der Waals surface area contributed by atoms with E-state index in [1.54, 1.807) is 0 Å². The van der Waals surface area contributed by atoms with Crippen LogP contribution in [0.1, 0.15) is 58.1 Å². The first-order valence-corrected chi connectivity index (χ1v) is 18.0. The zero-order valence-electron chi connectivity index (χ0n) is 25.9. The summed E-state index contributed by atoms with van der Waals surface area (Å²) in [5.41, 5.74) is 1.80. The molecule has 48 heavy (non-hydrogen) atoms. The van der Waals surface area contributed by atoms with Crippen molar-refractivity contribution < 1.29 is 82.5 Å². The summed E-state index contributed by atoms with van der Waals surface area (Å²) in [5, 5.41) is 50.9. The zero-order valence-corrected chi connectivity index (χ0v) is 27.7. The number of aliphatic hydroxyl groups excluding tert-OH is 5. The highest BCUT2D eigenvalue weighted by Crippen LogP contribution is 2.57. The van der Waals surface area contributed by atoms with E-state index in [1.165, 1.54) is 0 Å². The van der Waals surface area contributed by atoms with Crippen LogP contribution in [0.25, 0.3) is 0 Å². The van der Waals surface area contributed by atoms with Crippen LogP contribution in [0.3, 0.4) is 0 Å². The smallest absolute Gasteiger partial charge is 0.330 e. The van der Waals surface area contributed by atoms with E-state index in [0.717, 1.165) is 37.9 Å². The molecule has 9 N–H and O–H groups in total. The molecule has 0 bridgehead atoms. The van der Waals surface area contributed by atoms with E-state index >= 15 is 0 Å². The molecule has 23 heteroatoms. The van der Waals surface area contributed by atoms with E-state index in [2.05, 4.69) is 26.0 Å². The Labute approximate surface area is 273 Å². The van der Waals surface area contributed by atoms with Gasteiger partial charge < -0.3 is 59.8 Å². The number of unbranched alkanes of at least 4 members (excludes halogenated alkanes) is 4. The lowest BCUT2D eigenvalue weighted by molar-refractivity contribution is -0.496. The van der Waals surface area contributed by atoms with Gasteiger partial charge in [-0.05, 0) is 6.42 Å². The van der Waals surface area contributed by atoms with Gasteiger partial charge in [-0.15, -0.1) is 0 Å². The normalized spacial score (nSPS) is 32.3. The number of quaternary nitrogens is 1. The molecule has 12 atom stereocenters. The maximum absolute atomic E-state index is 12.6. The third-order valence-electron chi connectivity index (χ3n) is 7.58. The van der Waals surface area contributed by atoms with Gasteiger partial charge in [-0.2, -0.15) is 0 Å². The summed E-state index contributed by atoms with van der Waals surface area (Å²) in [6, 6.07) is -0.615. The predicted molar refractivity (Wildman–Crippen MR) is 153 cm³/mol. The molecule has 2 unspecified atom stereocenters. The maximum atomic E-state index is 12.6. The molecule has 0 amide bonds. The molecule has 276 valence electrons. The standard InChI is InChI=1S/C25H43N3O18P2/c1-2-3-4-5-6-7-13(30)10-17(32)44-22-18(26)24(43-14(11-29)20(22)34)45-48(39,40)46-47(37,38)41-12-15-19(33)21(35)23(42-15)28-9-8-16(31)27-25(28)36/h8-9,13-15,18-24,29-30,33-35H,2-7,10-12,26H2,1H3,(H,37,38)(H,39,40)(H,27,31,36)/p-1/t13-,14-,15-,18-,19-,20-,21-,22-,23-,24-/m1/s1. The Balaban J connectivity index is 1.58. The number of carbonyl (C=O) groups excluding carboxylic acids is 1. The molecule has 0 saturated carbocycles. The van der Waals surface area contributed by atoms with Crippen LogP contribution in [-0.2, 0) is 41.5 Å². The van der Waals surface area contributed by atoms with Crippen LogP contribution in [-0.4, -0.2) is 109 Å². The van der Waals surface area contributed by atoms with Crippen molar-refractivity contribution >= 4 is 21.6 Å². The molecular weight excluding hydrogens is 692 g/mol. The molecule has 0 spiro atoms. The minimum atomic E-state index is -5.93. The Bertz CT molecular complexity index is 1410. The second-order valence-electron chi connectivity index (χ2n) is 11.3. The highest BCUT2D eigenvalue weighted by atomic mass is 31.3. The monoisotopic (exact) mass is 734 g/mol. The lowest BCUT2D eigenvalue weighted by atomic mass is 9.97. The second kappa shape index (κ2) is 17.8. The van der Waals surface area contributed by atoms with Crippen molar-refractivity contribution in [1.82, 2.24) is 9.55 Å². The molecule has 3 heterocycles. The Hall–Kier alpha value is -1.91. The van der Waals surface area contributed by atoms with Gasteiger partial charge in [-0.1, -0.05) is 39.0 Å². The molecule has 2 fully saturated rings. The predicted octanol–water partition coefficient (Wildman–Crippen LogP) is -4.15. The molecule has 0 radical (unpaired) electrons. The molecule has 2 saturated heterocycles. The van der Waals surface area contributed by atoms with E-state index < -0.39 is 114 Å². The molecule has 3 rings (SSSR count). The highest BCUT2D eigenvalue weighted by Gasteiger charge is 2.50. The average molecular weight is 735 g/mol. The lowest BCUT2D eigenvalue weighted by Gasteiger charge is -2.42. The molecule has 0 aliphatic carbocycles. The largest absolute Gasteiger partial charge is 0.756 e. The fourth-order valence-corrected chi connectivity index (χ4v) is 7.16. The minimum Gasteiger partial charge on any atom is -0.756 e. The molecule has 1 aromatic heterocycles. The number of nitrogens with zero attached hydrogens (tertiary/aromatic N) is 1. The Morgan fingerprint density at radius 2 is 1.75 bits per heavy atom. The van der Waals surface area contributed by atoms with Crippen LogP contribution in [0.4, 0.5) is 0 Å². The number of hydrogen-bond donors (Lipinski definition) is 7. The molecule has 1 aromatic rings. The number of aromatic amines is 1. The number of phosphoric acid groups is 2. The number of phosphoric ester groups is 2. The van der Waals surface area contributed by atoms with Gasteiger partial charge in [0.1, 0.15) is 30.5 Å². The second-order valence-corrected chi connectivity index (χ2v) is 14.2. The summed E-state index contributed by atoms with van der Waals surface area (Å²) in [4.78, 5) is 62.6. The van der Waals surface area contributed by atoms with Gasteiger partial charge in [-0.3, -0.25) is 32.8 Å². The minimum absolute atomic E-state index is 0.310. The van der Waals surface area contributed by atoms with Gasteiger partial charge in [0, 0.05) is 12.3 Å². The maximum Gasteiger partial charge on any atom is 0.330 e. The van der Waals surface area contributed by atoms with E-state index in [1.807, 2.05) is 4.98 Å². The number of hydrogen-bond acceptors (Lipinski definition) is 18. The van der Waals surface area contributed by atoms with E-state index in [-0.39, 0.29) is 0 Å². The number of aliphatic hydroxyl groups is 5. The van der Waals surface area contributed by atoms with Crippen LogP contribution in [0.2, 0.25) is 0 Å². The first kappa shape index (κ1) is 40.5. The summed E-state index contributed by atoms with van der Waals surface area (Å²) in [6.07, 6.45) is -9.57. The fourth-order valence-electron chi connectivity index (χ4n) is 5.04. The van der Waals surface area contributed by atoms with Crippen LogP contribution >= 0.6 is 15.6 Å². The Kier molecular flexibility index (Phi) is 15.1. The number of esters is 1. The molecule has 21 nitrogen and oxygen atoms in total. The van der Waals surface area contributed by atoms with Gasteiger partial charge in [-0.25, -0.2) is 9.11 Å². The van der Waals surface area contributed by atoms with Gasteiger partial charge in [0.15, 0.2) is 18.4 Å². The van der Waals surface area contributed by atoms with Crippen molar-refractivity contribution in [2.45, 2.75) is 113 Å². The van der Waals surface area contributed by atoms with Crippen molar-refractivity contribution in [2.24, 2.45) is 0 Å². The number of ether oxygens (including phenoxy) is 3. The molecule has 2 aliphatic heterocycles. The molecule has 0 aromatic carbocycles. The first-order chi connectivity index (χ1) is 22.5. The number of H-pyrrole nitrogens is 1. The van der Waals surface area contributed by atoms with Crippen LogP contribution in [0.5, 0.6) is 0 Å². The topological polar surface area (TPSA) is 336 Å². The molecule has 2 aliphatic rings. The summed E-state index contributed by atoms with van der Waals surface area (Å²) in [7, 11) is -11.8. The summed E-state index contributed by atoms with van der Waals surface area (Å²) in [6.45, 7) is 0.0143. The highest BCUT2D eigenvalue weighted by molar-refractivity contribution is 7.59. The van der Waals surface area contributed by atoms with Gasteiger partial charge in [0.05, 0.1) is 25.7 Å². The van der Waals surface area contributed by atoms with Crippen molar-refractivity contribution in [1.29, 1.82) is 0 Å². The summed E-state index contributed by atoms with van der Waals surface area (Å²) in [5.74, 6) is -0.973. The van der Waals surface area contributed by atoms with Crippen LogP contribution < -0.4 is 26.8 Å². The van der Waals surface area contributed by atoms with Gasteiger partial charge >= 0.3 is 11.7 Å². The van der Waals surface area contributed by atoms with Crippen molar-refractivity contribution in [3.05, 3.63) is 33.1 Å². The first-order valence-electron chi connectivity index (χ1n) is 15.1. The Morgan fingerprint density at radius 1 is 1.06 bits per heavy atom. The van der Waals surface area contributed by atoms with Crippen molar-refractivity contribution in [3.8, 4) is 0 Å². The summed E-state index contributed by atoms with van der Waals surface area (Å²) < 4.78 is 54.6. The van der Waals surface area contributed by atoms with Gasteiger partial charge in [0.25, 0.3) is 21.2 Å². The average Bonchev–Trinajstić information content (AvgIpc) is 3.27.